The summed E-state index contributed by atoms with van der Waals surface area (Å²) >= 11 is 0. The Kier molecular flexibility index (Phi) is 7.14. The molecule has 0 aliphatic heterocycles. The molecule has 0 aliphatic carbocycles. The summed E-state index contributed by atoms with van der Waals surface area (Å²) in [5.41, 5.74) is 10.8. The van der Waals surface area contributed by atoms with Crippen molar-refractivity contribution in [2.24, 2.45) is 11.5 Å². The van der Waals surface area contributed by atoms with Crippen LogP contribution in [-0.4, -0.2) is 31.3 Å². The molecule has 0 spiro atoms. The summed E-state index contributed by atoms with van der Waals surface area (Å²) in [6.45, 7) is 0.645. The molecule has 0 saturated carbocycles. The first-order valence-corrected chi connectivity index (χ1v) is 4.39. The molecule has 5 nitrogen and oxygen atoms in total. The second-order valence-electron chi connectivity index (χ2n) is 2.80. The van der Waals surface area contributed by atoms with Crippen LogP contribution in [0.25, 0.3) is 0 Å². The van der Waals surface area contributed by atoms with Gasteiger partial charge in [-0.15, -0.1) is 0 Å². The van der Waals surface area contributed by atoms with Gasteiger partial charge in [0, 0.05) is 0 Å². The average Bonchev–Trinajstić information content (AvgIpc) is 2.14. The lowest BCUT2D eigenvalue weighted by Gasteiger charge is -2.09. The number of carbonyl (C=O) groups is 2. The van der Waals surface area contributed by atoms with Gasteiger partial charge in [0.1, 0.15) is 6.29 Å². The Labute approximate surface area is 77.8 Å². The minimum absolute atomic E-state index is 0.0312. The first-order chi connectivity index (χ1) is 6.22. The number of nitrogens with one attached hydrogen (secondary N) is 1. The molecule has 0 rings (SSSR count). The van der Waals surface area contributed by atoms with Gasteiger partial charge in [-0.1, -0.05) is 6.42 Å². The summed E-state index contributed by atoms with van der Waals surface area (Å²) in [5.74, 6) is -0.274. The highest BCUT2D eigenvalue weighted by atomic mass is 16.2. The predicted molar refractivity (Wildman–Crippen MR) is 50.0 cm³/mol. The van der Waals surface area contributed by atoms with E-state index in [1.807, 2.05) is 0 Å². The minimum atomic E-state index is -0.522. The molecular formula is C8H17N3O2. The van der Waals surface area contributed by atoms with Gasteiger partial charge in [-0.2, -0.15) is 0 Å². The fraction of sp³-hybridized carbons (Fsp3) is 0.750. The molecule has 0 aliphatic rings. The molecule has 0 heterocycles. The van der Waals surface area contributed by atoms with Gasteiger partial charge >= 0.3 is 0 Å². The molecule has 0 aromatic rings. The lowest BCUT2D eigenvalue weighted by molar-refractivity contribution is -0.123. The van der Waals surface area contributed by atoms with Gasteiger partial charge in [0.2, 0.25) is 5.91 Å². The molecular weight excluding hydrogens is 170 g/mol. The first-order valence-electron chi connectivity index (χ1n) is 4.39. The van der Waals surface area contributed by atoms with E-state index in [9.17, 15) is 9.59 Å². The summed E-state index contributed by atoms with van der Waals surface area (Å²) in [6, 6.07) is -0.522. The molecule has 13 heavy (non-hydrogen) atoms. The molecule has 5 heteroatoms. The number of nitrogens with two attached hydrogens (primary N) is 2. The quantitative estimate of drug-likeness (QED) is 0.343. The van der Waals surface area contributed by atoms with E-state index in [1.54, 1.807) is 0 Å². The summed E-state index contributed by atoms with van der Waals surface area (Å²) < 4.78 is 0. The zero-order chi connectivity index (χ0) is 10.1. The van der Waals surface area contributed by atoms with E-state index in [0.29, 0.717) is 19.3 Å². The van der Waals surface area contributed by atoms with Crippen LogP contribution in [0, 0.1) is 0 Å². The maximum atomic E-state index is 11.1. The normalized spacial score (nSPS) is 12.2. The summed E-state index contributed by atoms with van der Waals surface area (Å²) in [6.07, 6.45) is 2.95. The lowest BCUT2D eigenvalue weighted by atomic mass is 10.1. The van der Waals surface area contributed by atoms with Gasteiger partial charge in [-0.25, -0.2) is 0 Å². The maximum Gasteiger partial charge on any atom is 0.237 e. The molecule has 1 atom stereocenters. The number of aldehydes is 1. The Morgan fingerprint density at radius 3 is 2.69 bits per heavy atom. The van der Waals surface area contributed by atoms with Crippen molar-refractivity contribution < 1.29 is 9.59 Å². The van der Waals surface area contributed by atoms with Gasteiger partial charge < -0.3 is 21.6 Å². The Morgan fingerprint density at radius 2 is 2.15 bits per heavy atom. The monoisotopic (exact) mass is 187 g/mol. The highest BCUT2D eigenvalue weighted by molar-refractivity contribution is 5.83. The second kappa shape index (κ2) is 7.70. The van der Waals surface area contributed by atoms with E-state index in [4.69, 9.17) is 11.5 Å². The molecule has 0 fully saturated rings. The van der Waals surface area contributed by atoms with Crippen molar-refractivity contribution in [1.82, 2.24) is 5.32 Å². The van der Waals surface area contributed by atoms with Crippen molar-refractivity contribution in [3.05, 3.63) is 0 Å². The SMILES string of the molecule is NCCCC[C@H](N)C(=O)NCC=O. The number of amides is 1. The average molecular weight is 187 g/mol. The topological polar surface area (TPSA) is 98.2 Å². The van der Waals surface area contributed by atoms with Crippen molar-refractivity contribution in [3.8, 4) is 0 Å². The van der Waals surface area contributed by atoms with Crippen LogP contribution in [0.1, 0.15) is 19.3 Å². The van der Waals surface area contributed by atoms with Gasteiger partial charge in [0.15, 0.2) is 0 Å². The van der Waals surface area contributed by atoms with E-state index in [1.165, 1.54) is 0 Å². The third-order valence-electron chi connectivity index (χ3n) is 1.67. The van der Waals surface area contributed by atoms with E-state index in [-0.39, 0.29) is 12.5 Å². The third kappa shape index (κ3) is 6.24. The zero-order valence-electron chi connectivity index (χ0n) is 7.66. The van der Waals surface area contributed by atoms with Gasteiger partial charge in [-0.05, 0) is 19.4 Å². The number of unbranched alkanes of at least 4 members (excludes halogenated alkanes) is 1. The molecule has 1 amide bonds. The Bertz CT molecular complexity index is 161. The van der Waals surface area contributed by atoms with E-state index in [2.05, 4.69) is 5.32 Å². The standard InChI is InChI=1S/C8H17N3O2/c9-4-2-1-3-7(10)8(13)11-5-6-12/h6-7H,1-5,9-10H2,(H,11,13)/t7-/m0/s1. The first kappa shape index (κ1) is 12.1. The summed E-state index contributed by atoms with van der Waals surface area (Å²) in [7, 11) is 0. The summed E-state index contributed by atoms with van der Waals surface area (Å²) in [4.78, 5) is 21.0. The fourth-order valence-electron chi connectivity index (χ4n) is 0.913. The molecule has 0 aromatic heterocycles. The van der Waals surface area contributed by atoms with Crippen LogP contribution in [0.4, 0.5) is 0 Å². The number of hydrogen-bond donors (Lipinski definition) is 3. The second-order valence-corrected chi connectivity index (χ2v) is 2.80. The van der Waals surface area contributed by atoms with Crippen molar-refractivity contribution in [2.75, 3.05) is 13.1 Å². The lowest BCUT2D eigenvalue weighted by Crippen LogP contribution is -2.41. The van der Waals surface area contributed by atoms with Crippen LogP contribution in [0.5, 0.6) is 0 Å². The van der Waals surface area contributed by atoms with Crippen molar-refractivity contribution >= 4 is 12.2 Å². The maximum absolute atomic E-state index is 11.1. The molecule has 0 unspecified atom stereocenters. The Hall–Kier alpha value is -0.940. The van der Waals surface area contributed by atoms with Crippen LogP contribution in [0.3, 0.4) is 0 Å². The smallest absolute Gasteiger partial charge is 0.237 e. The van der Waals surface area contributed by atoms with Gasteiger partial charge in [0.05, 0.1) is 12.6 Å². The predicted octanol–water partition coefficient (Wildman–Crippen LogP) is -1.24. The van der Waals surface area contributed by atoms with Crippen LogP contribution < -0.4 is 16.8 Å². The van der Waals surface area contributed by atoms with Crippen molar-refractivity contribution in [1.29, 1.82) is 0 Å². The molecule has 0 aromatic carbocycles. The molecule has 0 saturated heterocycles. The van der Waals surface area contributed by atoms with Crippen LogP contribution >= 0.6 is 0 Å². The molecule has 0 radical (unpaired) electrons. The Balaban J connectivity index is 3.50. The zero-order valence-corrected chi connectivity index (χ0v) is 7.66. The number of carbonyl (C=O) groups excluding carboxylic acids is 2. The molecule has 5 N–H and O–H groups in total. The third-order valence-corrected chi connectivity index (χ3v) is 1.67. The van der Waals surface area contributed by atoms with E-state index >= 15 is 0 Å². The highest BCUT2D eigenvalue weighted by Gasteiger charge is 2.11. The highest BCUT2D eigenvalue weighted by Crippen LogP contribution is 1.97. The fourth-order valence-corrected chi connectivity index (χ4v) is 0.913. The van der Waals surface area contributed by atoms with Gasteiger partial charge in [-0.3, -0.25) is 4.79 Å². The van der Waals surface area contributed by atoms with E-state index < -0.39 is 6.04 Å². The van der Waals surface area contributed by atoms with Crippen LogP contribution in [0.2, 0.25) is 0 Å². The summed E-state index contributed by atoms with van der Waals surface area (Å²) in [5, 5.41) is 2.40. The van der Waals surface area contributed by atoms with E-state index in [0.717, 1.165) is 12.8 Å². The van der Waals surface area contributed by atoms with Crippen molar-refractivity contribution in [3.63, 3.8) is 0 Å². The van der Waals surface area contributed by atoms with Crippen LogP contribution in [0.15, 0.2) is 0 Å². The molecule has 76 valence electrons. The Morgan fingerprint density at radius 1 is 1.46 bits per heavy atom. The van der Waals surface area contributed by atoms with Gasteiger partial charge in [0.25, 0.3) is 0 Å². The largest absolute Gasteiger partial charge is 0.348 e. The van der Waals surface area contributed by atoms with Crippen molar-refractivity contribution in [2.45, 2.75) is 25.3 Å². The number of rotatable bonds is 7. The van der Waals surface area contributed by atoms with Crippen LogP contribution in [-0.2, 0) is 9.59 Å². The minimum Gasteiger partial charge on any atom is -0.348 e. The molecule has 0 bridgehead atoms. The number of hydrogen-bond acceptors (Lipinski definition) is 4.